The lowest BCUT2D eigenvalue weighted by Crippen LogP contribution is -2.35. The van der Waals surface area contributed by atoms with Gasteiger partial charge in [-0.3, -0.25) is 5.32 Å². The number of para-hydroxylation sites is 1. The van der Waals surface area contributed by atoms with Crippen LogP contribution in [0.1, 0.15) is 17.2 Å². The fourth-order valence-corrected chi connectivity index (χ4v) is 3.64. The number of urea groups is 1. The van der Waals surface area contributed by atoms with E-state index >= 15 is 0 Å². The zero-order valence-electron chi connectivity index (χ0n) is 13.1. The van der Waals surface area contributed by atoms with E-state index in [4.69, 9.17) is 0 Å². The van der Waals surface area contributed by atoms with E-state index in [-0.39, 0.29) is 10.8 Å². The predicted molar refractivity (Wildman–Crippen MR) is 87.3 cm³/mol. The van der Waals surface area contributed by atoms with E-state index in [9.17, 15) is 13.2 Å². The van der Waals surface area contributed by atoms with Crippen molar-refractivity contribution < 1.29 is 13.2 Å². The van der Waals surface area contributed by atoms with Crippen LogP contribution in [0, 0.1) is 13.8 Å². The van der Waals surface area contributed by atoms with Crippen LogP contribution >= 0.6 is 0 Å². The summed E-state index contributed by atoms with van der Waals surface area (Å²) < 4.78 is 26.9. The number of anilines is 2. The molecule has 0 fully saturated rings. The number of aryl methyl sites for hydroxylation is 2. The predicted octanol–water partition coefficient (Wildman–Crippen LogP) is 0.967. The fraction of sp³-hybridized carbons (Fsp3) is 0.286. The van der Waals surface area contributed by atoms with E-state index in [0.29, 0.717) is 23.9 Å². The molecule has 0 bridgehead atoms. The molecule has 2 heterocycles. The van der Waals surface area contributed by atoms with Crippen molar-refractivity contribution in [2.24, 2.45) is 0 Å². The van der Waals surface area contributed by atoms with Crippen LogP contribution in [-0.2, 0) is 16.4 Å². The standard InChI is InChI=1S/C14H16N6O3S/c1-8-16-9(2)18-13(17-8)19-14(21)20-24(22,23)11-5-3-4-10-6-7-15-12(10)11/h3-5,15H,6-7H2,1-2H3,(H2,16,17,18,19,20,21). The number of nitrogens with one attached hydrogen (secondary N) is 3. The van der Waals surface area contributed by atoms with E-state index in [1.165, 1.54) is 6.07 Å². The normalized spacial score (nSPS) is 13.1. The number of carbonyl (C=O) groups excluding carboxylic acids is 1. The molecule has 1 aromatic heterocycles. The van der Waals surface area contributed by atoms with Crippen molar-refractivity contribution in [1.82, 2.24) is 19.7 Å². The van der Waals surface area contributed by atoms with E-state index in [1.54, 1.807) is 19.9 Å². The van der Waals surface area contributed by atoms with Crippen LogP contribution in [0.25, 0.3) is 0 Å². The van der Waals surface area contributed by atoms with Crippen LogP contribution < -0.4 is 15.4 Å². The highest BCUT2D eigenvalue weighted by Crippen LogP contribution is 2.29. The Hall–Kier alpha value is -2.75. The summed E-state index contributed by atoms with van der Waals surface area (Å²) in [5, 5.41) is 5.33. The molecule has 10 heteroatoms. The molecule has 0 unspecified atom stereocenters. The molecule has 0 saturated carbocycles. The smallest absolute Gasteiger partial charge is 0.335 e. The van der Waals surface area contributed by atoms with Crippen molar-refractivity contribution in [1.29, 1.82) is 0 Å². The molecule has 1 aliphatic heterocycles. The summed E-state index contributed by atoms with van der Waals surface area (Å²) in [4.78, 5) is 23.9. The van der Waals surface area contributed by atoms with Gasteiger partial charge in [0.2, 0.25) is 5.95 Å². The topological polar surface area (TPSA) is 126 Å². The van der Waals surface area contributed by atoms with Gasteiger partial charge in [-0.2, -0.15) is 9.97 Å². The first-order valence-electron chi connectivity index (χ1n) is 7.24. The number of nitrogens with zero attached hydrogens (tertiary/aromatic N) is 3. The van der Waals surface area contributed by atoms with Gasteiger partial charge in [0.25, 0.3) is 10.0 Å². The third-order valence-electron chi connectivity index (χ3n) is 3.41. The first-order valence-corrected chi connectivity index (χ1v) is 8.72. The third-order valence-corrected chi connectivity index (χ3v) is 4.78. The van der Waals surface area contributed by atoms with Gasteiger partial charge in [0.15, 0.2) is 0 Å². The first kappa shape index (κ1) is 16.1. The molecule has 1 aliphatic rings. The lowest BCUT2D eigenvalue weighted by molar-refractivity contribution is 0.256. The molecule has 0 aliphatic carbocycles. The number of fused-ring (bicyclic) bond motifs is 1. The highest BCUT2D eigenvalue weighted by Gasteiger charge is 2.25. The Bertz CT molecular complexity index is 892. The van der Waals surface area contributed by atoms with Crippen molar-refractivity contribution in [2.75, 3.05) is 17.2 Å². The Morgan fingerprint density at radius 1 is 1.17 bits per heavy atom. The zero-order chi connectivity index (χ0) is 17.3. The molecule has 9 nitrogen and oxygen atoms in total. The quantitative estimate of drug-likeness (QED) is 0.754. The van der Waals surface area contributed by atoms with Crippen LogP contribution in [0.15, 0.2) is 23.1 Å². The van der Waals surface area contributed by atoms with E-state index in [2.05, 4.69) is 25.6 Å². The second kappa shape index (κ2) is 6.04. The SMILES string of the molecule is Cc1nc(C)nc(NC(=O)NS(=O)(=O)c2cccc3c2NCC3)n1. The Kier molecular flexibility index (Phi) is 4.06. The maximum Gasteiger partial charge on any atom is 0.335 e. The number of carbonyl (C=O) groups is 1. The number of sulfonamides is 1. The van der Waals surface area contributed by atoms with Gasteiger partial charge in [-0.15, -0.1) is 0 Å². The molecule has 0 radical (unpaired) electrons. The van der Waals surface area contributed by atoms with Gasteiger partial charge < -0.3 is 5.32 Å². The Morgan fingerprint density at radius 3 is 2.58 bits per heavy atom. The number of benzene rings is 1. The van der Waals surface area contributed by atoms with E-state index in [0.717, 1.165) is 12.0 Å². The van der Waals surface area contributed by atoms with Gasteiger partial charge in [0, 0.05) is 6.54 Å². The minimum Gasteiger partial charge on any atom is -0.383 e. The van der Waals surface area contributed by atoms with Crippen LogP contribution in [0.5, 0.6) is 0 Å². The zero-order valence-corrected chi connectivity index (χ0v) is 13.9. The van der Waals surface area contributed by atoms with Crippen LogP contribution in [0.3, 0.4) is 0 Å². The van der Waals surface area contributed by atoms with Crippen LogP contribution in [0.2, 0.25) is 0 Å². The number of rotatable bonds is 3. The molecule has 24 heavy (non-hydrogen) atoms. The molecule has 3 rings (SSSR count). The van der Waals surface area contributed by atoms with Crippen molar-refractivity contribution in [3.63, 3.8) is 0 Å². The summed E-state index contributed by atoms with van der Waals surface area (Å²) in [5.41, 5.74) is 1.44. The molecule has 0 atom stereocenters. The summed E-state index contributed by atoms with van der Waals surface area (Å²) in [5.74, 6) is 0.834. The maximum absolute atomic E-state index is 12.5. The van der Waals surface area contributed by atoms with Gasteiger partial charge in [-0.05, 0) is 31.9 Å². The number of aromatic nitrogens is 3. The minimum absolute atomic E-state index is 0.0101. The Labute approximate surface area is 139 Å². The average molecular weight is 348 g/mol. The van der Waals surface area contributed by atoms with Crippen molar-refractivity contribution in [2.45, 2.75) is 25.2 Å². The summed E-state index contributed by atoms with van der Waals surface area (Å²) in [6.07, 6.45) is 0.744. The van der Waals surface area contributed by atoms with Crippen LogP contribution in [-0.4, -0.2) is 35.9 Å². The summed E-state index contributed by atoms with van der Waals surface area (Å²) in [7, 11) is -4.02. The maximum atomic E-state index is 12.5. The fourth-order valence-electron chi connectivity index (χ4n) is 2.51. The van der Waals surface area contributed by atoms with E-state index in [1.807, 2.05) is 10.8 Å². The third kappa shape index (κ3) is 3.27. The molecule has 126 valence electrons. The van der Waals surface area contributed by atoms with Gasteiger partial charge in [0.05, 0.1) is 5.69 Å². The largest absolute Gasteiger partial charge is 0.383 e. The van der Waals surface area contributed by atoms with Crippen LogP contribution in [0.4, 0.5) is 16.4 Å². The highest BCUT2D eigenvalue weighted by molar-refractivity contribution is 7.90. The number of amides is 2. The molecule has 1 aromatic carbocycles. The van der Waals surface area contributed by atoms with Gasteiger partial charge in [-0.1, -0.05) is 12.1 Å². The molecule has 2 aromatic rings. The summed E-state index contributed by atoms with van der Waals surface area (Å²) in [6, 6.07) is 4.02. The Balaban J connectivity index is 1.80. The minimum atomic E-state index is -4.02. The second-order valence-electron chi connectivity index (χ2n) is 5.28. The molecule has 3 N–H and O–H groups in total. The van der Waals surface area contributed by atoms with Gasteiger partial charge in [0.1, 0.15) is 16.5 Å². The number of hydrogen-bond acceptors (Lipinski definition) is 7. The van der Waals surface area contributed by atoms with Gasteiger partial charge in [-0.25, -0.2) is 22.9 Å². The summed E-state index contributed by atoms with van der Waals surface area (Å²) >= 11 is 0. The molecule has 0 saturated heterocycles. The van der Waals surface area contributed by atoms with Crippen molar-refractivity contribution in [3.8, 4) is 0 Å². The monoisotopic (exact) mass is 348 g/mol. The average Bonchev–Trinajstić information content (AvgIpc) is 2.93. The molecule has 2 amide bonds. The number of hydrogen-bond donors (Lipinski definition) is 3. The Morgan fingerprint density at radius 2 is 1.88 bits per heavy atom. The molecule has 0 spiro atoms. The van der Waals surface area contributed by atoms with Crippen molar-refractivity contribution in [3.05, 3.63) is 35.4 Å². The van der Waals surface area contributed by atoms with E-state index < -0.39 is 16.1 Å². The van der Waals surface area contributed by atoms with Gasteiger partial charge >= 0.3 is 6.03 Å². The highest BCUT2D eigenvalue weighted by atomic mass is 32.2. The van der Waals surface area contributed by atoms with Crippen molar-refractivity contribution >= 4 is 27.7 Å². The molecular weight excluding hydrogens is 332 g/mol. The molecular formula is C14H16N6O3S. The second-order valence-corrected chi connectivity index (χ2v) is 6.93. The first-order chi connectivity index (χ1) is 11.3. The lowest BCUT2D eigenvalue weighted by atomic mass is 10.2. The summed E-state index contributed by atoms with van der Waals surface area (Å²) in [6.45, 7) is 3.96. The lowest BCUT2D eigenvalue weighted by Gasteiger charge is -2.11.